The lowest BCUT2D eigenvalue weighted by Crippen LogP contribution is -2.31. The lowest BCUT2D eigenvalue weighted by Gasteiger charge is -2.15. The summed E-state index contributed by atoms with van der Waals surface area (Å²) in [6, 6.07) is 3.56. The summed E-state index contributed by atoms with van der Waals surface area (Å²) < 4.78 is 26.6. The van der Waals surface area contributed by atoms with Crippen LogP contribution in [0.5, 0.6) is 0 Å². The predicted molar refractivity (Wildman–Crippen MR) is 67.8 cm³/mol. The van der Waals surface area contributed by atoms with E-state index in [1.807, 2.05) is 6.07 Å². The summed E-state index contributed by atoms with van der Waals surface area (Å²) in [5, 5.41) is 11.8. The van der Waals surface area contributed by atoms with E-state index in [1.165, 1.54) is 6.20 Å². The van der Waals surface area contributed by atoms with Gasteiger partial charge in [-0.05, 0) is 28.1 Å². The van der Waals surface area contributed by atoms with Gasteiger partial charge in [-0.15, -0.1) is 0 Å². The Morgan fingerprint density at radius 3 is 2.89 bits per heavy atom. The quantitative estimate of drug-likeness (QED) is 0.909. The monoisotopic (exact) mass is 317 g/mol. The molecule has 0 aliphatic rings. The molecule has 0 aromatic carbocycles. The topological polar surface area (TPSA) is 58.0 Å². The van der Waals surface area contributed by atoms with Crippen LogP contribution in [0.1, 0.15) is 0 Å². The normalized spacial score (nSPS) is 11.8. The molecule has 18 heavy (non-hydrogen) atoms. The molecular weight excluding hydrogens is 308 g/mol. The van der Waals surface area contributed by atoms with Gasteiger partial charge in [-0.2, -0.15) is 0 Å². The van der Waals surface area contributed by atoms with E-state index >= 15 is 0 Å². The molecule has 0 fully saturated rings. The molecule has 0 aliphatic heterocycles. The zero-order chi connectivity index (χ0) is 13.2. The number of aliphatic hydroxyl groups excluding tert-OH is 1. The van der Waals surface area contributed by atoms with Crippen molar-refractivity contribution in [1.82, 2.24) is 9.97 Å². The summed E-state index contributed by atoms with van der Waals surface area (Å²) in [5.74, 6) is -2.92. The van der Waals surface area contributed by atoms with Crippen LogP contribution in [0.4, 0.5) is 14.6 Å². The molecule has 2 aromatic rings. The lowest BCUT2D eigenvalue weighted by atomic mass is 10.2. The van der Waals surface area contributed by atoms with Gasteiger partial charge >= 0.3 is 0 Å². The summed E-state index contributed by atoms with van der Waals surface area (Å²) in [5.41, 5.74) is 0.501. The highest BCUT2D eigenvalue weighted by molar-refractivity contribution is 9.10. The van der Waals surface area contributed by atoms with Gasteiger partial charge in [0, 0.05) is 22.3 Å². The molecule has 2 aromatic heterocycles. The van der Waals surface area contributed by atoms with E-state index in [9.17, 15) is 8.78 Å². The minimum atomic E-state index is -3.18. The number of fused-ring (bicyclic) bond motifs is 1. The van der Waals surface area contributed by atoms with Crippen molar-refractivity contribution in [2.75, 3.05) is 18.5 Å². The van der Waals surface area contributed by atoms with E-state index < -0.39 is 19.1 Å². The zero-order valence-electron chi connectivity index (χ0n) is 9.20. The Balaban J connectivity index is 2.32. The predicted octanol–water partition coefficient (Wildman–Crippen LogP) is 2.43. The number of pyridine rings is 2. The summed E-state index contributed by atoms with van der Waals surface area (Å²) in [7, 11) is 0. The van der Waals surface area contributed by atoms with Gasteiger partial charge in [-0.25, -0.2) is 13.8 Å². The molecule has 2 heterocycles. The second kappa shape index (κ2) is 5.11. The Bertz CT molecular complexity index is 565. The average molecular weight is 318 g/mol. The molecule has 0 amide bonds. The first kappa shape index (κ1) is 13.1. The fourth-order valence-electron chi connectivity index (χ4n) is 1.44. The molecule has 7 heteroatoms. The van der Waals surface area contributed by atoms with Gasteiger partial charge in [0.2, 0.25) is 0 Å². The molecular formula is C11H10BrF2N3O. The molecule has 2 N–H and O–H groups in total. The van der Waals surface area contributed by atoms with Gasteiger partial charge in [0.05, 0.1) is 6.54 Å². The largest absolute Gasteiger partial charge is 0.390 e. The number of nitrogens with zero attached hydrogens (tertiary/aromatic N) is 2. The molecule has 0 bridgehead atoms. The van der Waals surface area contributed by atoms with Gasteiger partial charge in [-0.1, -0.05) is 0 Å². The molecule has 4 nitrogen and oxygen atoms in total. The highest BCUT2D eigenvalue weighted by Gasteiger charge is 2.27. The van der Waals surface area contributed by atoms with Crippen molar-refractivity contribution in [2.45, 2.75) is 5.92 Å². The summed E-state index contributed by atoms with van der Waals surface area (Å²) >= 11 is 3.32. The Hall–Kier alpha value is -1.34. The van der Waals surface area contributed by atoms with E-state index in [4.69, 9.17) is 5.11 Å². The van der Waals surface area contributed by atoms with E-state index in [0.717, 1.165) is 9.86 Å². The molecule has 0 atom stereocenters. The van der Waals surface area contributed by atoms with E-state index in [0.29, 0.717) is 5.52 Å². The maximum atomic E-state index is 12.9. The van der Waals surface area contributed by atoms with Crippen molar-refractivity contribution in [2.24, 2.45) is 0 Å². The first-order valence-corrected chi connectivity index (χ1v) is 5.94. The number of hydrogen-bond donors (Lipinski definition) is 2. The molecule has 0 aliphatic carbocycles. The Kier molecular flexibility index (Phi) is 3.72. The van der Waals surface area contributed by atoms with Crippen LogP contribution in [-0.4, -0.2) is 34.1 Å². The third kappa shape index (κ3) is 2.73. The lowest BCUT2D eigenvalue weighted by molar-refractivity contribution is -0.0373. The van der Waals surface area contributed by atoms with Crippen molar-refractivity contribution in [1.29, 1.82) is 0 Å². The Morgan fingerprint density at radius 2 is 2.17 bits per heavy atom. The highest BCUT2D eigenvalue weighted by atomic mass is 79.9. The number of anilines is 1. The fourth-order valence-corrected chi connectivity index (χ4v) is 1.86. The van der Waals surface area contributed by atoms with E-state index in [-0.39, 0.29) is 5.82 Å². The van der Waals surface area contributed by atoms with Crippen LogP contribution < -0.4 is 5.32 Å². The molecule has 0 saturated heterocycles. The molecule has 0 unspecified atom stereocenters. The van der Waals surface area contributed by atoms with Crippen molar-refractivity contribution < 1.29 is 13.9 Å². The second-order valence-electron chi connectivity index (χ2n) is 3.72. The van der Waals surface area contributed by atoms with Gasteiger partial charge in [0.15, 0.2) is 5.82 Å². The fraction of sp³-hybridized carbons (Fsp3) is 0.273. The third-order valence-corrected chi connectivity index (χ3v) is 2.97. The SMILES string of the molecule is OCC(F)(F)CNc1ncc(Br)c2cccnc12. The first-order valence-electron chi connectivity index (χ1n) is 5.15. The molecule has 0 radical (unpaired) electrons. The average Bonchev–Trinajstić information content (AvgIpc) is 2.38. The second-order valence-corrected chi connectivity index (χ2v) is 4.58. The number of hydrogen-bond acceptors (Lipinski definition) is 4. The van der Waals surface area contributed by atoms with Gasteiger partial charge in [0.1, 0.15) is 12.1 Å². The standard InChI is InChI=1S/C11H10BrF2N3O/c12-8-4-16-10(17-5-11(13,14)6-18)9-7(8)2-1-3-15-9/h1-4,18H,5-6H2,(H,16,17). The van der Waals surface area contributed by atoms with Crippen LogP contribution in [-0.2, 0) is 0 Å². The summed E-state index contributed by atoms with van der Waals surface area (Å²) in [6.07, 6.45) is 3.08. The van der Waals surface area contributed by atoms with Crippen LogP contribution in [0.15, 0.2) is 29.0 Å². The van der Waals surface area contributed by atoms with Gasteiger partial charge in [0.25, 0.3) is 5.92 Å². The van der Waals surface area contributed by atoms with Crippen LogP contribution in [0.25, 0.3) is 10.9 Å². The van der Waals surface area contributed by atoms with Crippen LogP contribution in [0, 0.1) is 0 Å². The van der Waals surface area contributed by atoms with E-state index in [2.05, 4.69) is 31.2 Å². The van der Waals surface area contributed by atoms with Gasteiger partial charge in [-0.3, -0.25) is 4.98 Å². The van der Waals surface area contributed by atoms with Crippen molar-refractivity contribution in [3.05, 3.63) is 29.0 Å². The molecule has 2 rings (SSSR count). The van der Waals surface area contributed by atoms with Crippen LogP contribution in [0.3, 0.4) is 0 Å². The molecule has 0 spiro atoms. The number of halogens is 3. The smallest absolute Gasteiger partial charge is 0.287 e. The maximum Gasteiger partial charge on any atom is 0.287 e. The Morgan fingerprint density at radius 1 is 1.39 bits per heavy atom. The van der Waals surface area contributed by atoms with E-state index in [1.54, 1.807) is 12.3 Å². The number of rotatable bonds is 4. The zero-order valence-corrected chi connectivity index (χ0v) is 10.8. The number of nitrogens with one attached hydrogen (secondary N) is 1. The Labute approximate surface area is 110 Å². The minimum absolute atomic E-state index is 0.266. The summed E-state index contributed by atoms with van der Waals surface area (Å²) in [6.45, 7) is -1.90. The summed E-state index contributed by atoms with van der Waals surface area (Å²) in [4.78, 5) is 8.11. The van der Waals surface area contributed by atoms with Crippen LogP contribution >= 0.6 is 15.9 Å². The first-order chi connectivity index (χ1) is 8.53. The maximum absolute atomic E-state index is 12.9. The number of aliphatic hydroxyl groups is 1. The number of alkyl halides is 2. The van der Waals surface area contributed by atoms with Gasteiger partial charge < -0.3 is 10.4 Å². The highest BCUT2D eigenvalue weighted by Crippen LogP contribution is 2.26. The third-order valence-electron chi connectivity index (χ3n) is 2.34. The number of aromatic nitrogens is 2. The van der Waals surface area contributed by atoms with Crippen molar-refractivity contribution >= 4 is 32.7 Å². The van der Waals surface area contributed by atoms with Crippen molar-refractivity contribution in [3.8, 4) is 0 Å². The molecule has 0 saturated carbocycles. The minimum Gasteiger partial charge on any atom is -0.390 e. The van der Waals surface area contributed by atoms with Crippen LogP contribution in [0.2, 0.25) is 0 Å². The molecule has 96 valence electrons. The van der Waals surface area contributed by atoms with Crippen molar-refractivity contribution in [3.63, 3.8) is 0 Å².